The largest absolute Gasteiger partial charge is 0.354 e. The first kappa shape index (κ1) is 18.1. The highest BCUT2D eigenvalue weighted by molar-refractivity contribution is 9.10. The molecule has 0 bridgehead atoms. The Hall–Kier alpha value is -2.68. The van der Waals surface area contributed by atoms with Gasteiger partial charge in [0, 0.05) is 25.1 Å². The van der Waals surface area contributed by atoms with Crippen molar-refractivity contribution in [1.29, 1.82) is 0 Å². The van der Waals surface area contributed by atoms with Gasteiger partial charge in [-0.25, -0.2) is 9.78 Å². The summed E-state index contributed by atoms with van der Waals surface area (Å²) in [5, 5.41) is 2.83. The number of hydrogen-bond donors (Lipinski definition) is 1. The summed E-state index contributed by atoms with van der Waals surface area (Å²) in [6.45, 7) is 0.452. The number of imidazole rings is 1. The Morgan fingerprint density at radius 1 is 1.15 bits per heavy atom. The minimum atomic E-state index is -0.469. The first-order valence-corrected chi connectivity index (χ1v) is 8.80. The van der Waals surface area contributed by atoms with Gasteiger partial charge < -0.3 is 9.88 Å². The Bertz CT molecular complexity index is 1080. The van der Waals surface area contributed by atoms with Crippen molar-refractivity contribution in [3.05, 3.63) is 61.5 Å². The normalized spacial score (nSPS) is 11.0. The maximum absolute atomic E-state index is 12.3. The summed E-state index contributed by atoms with van der Waals surface area (Å²) in [4.78, 5) is 40.6. The number of nitrogens with one attached hydrogen (secondary N) is 1. The van der Waals surface area contributed by atoms with Crippen LogP contribution in [0.25, 0.3) is 11.2 Å². The van der Waals surface area contributed by atoms with Gasteiger partial charge in [-0.2, -0.15) is 0 Å². The van der Waals surface area contributed by atoms with Gasteiger partial charge >= 0.3 is 5.69 Å². The van der Waals surface area contributed by atoms with Gasteiger partial charge in [-0.3, -0.25) is 18.7 Å². The Balaban J connectivity index is 1.71. The van der Waals surface area contributed by atoms with Crippen LogP contribution in [0.5, 0.6) is 0 Å². The second-order valence-corrected chi connectivity index (χ2v) is 6.89. The zero-order chi connectivity index (χ0) is 18.8. The molecule has 0 aliphatic rings. The minimum Gasteiger partial charge on any atom is -0.354 e. The topological polar surface area (TPSA) is 90.9 Å². The second-order valence-electron chi connectivity index (χ2n) is 5.98. The van der Waals surface area contributed by atoms with Crippen molar-refractivity contribution in [3.8, 4) is 0 Å². The van der Waals surface area contributed by atoms with E-state index in [2.05, 4.69) is 26.2 Å². The SMILES string of the molecule is Cn1c(=O)c2c(ncn2CC(=O)NCCc2ccc(Br)cc2)n(C)c1=O. The number of benzene rings is 1. The summed E-state index contributed by atoms with van der Waals surface area (Å²) in [5.74, 6) is -0.225. The van der Waals surface area contributed by atoms with E-state index in [1.807, 2.05) is 24.3 Å². The molecular formula is C17H18BrN5O3. The monoisotopic (exact) mass is 419 g/mol. The molecule has 0 aliphatic heterocycles. The van der Waals surface area contributed by atoms with Gasteiger partial charge in [0.2, 0.25) is 5.91 Å². The number of fused-ring (bicyclic) bond motifs is 1. The highest BCUT2D eigenvalue weighted by atomic mass is 79.9. The maximum atomic E-state index is 12.3. The van der Waals surface area contributed by atoms with Crippen LogP contribution in [0.15, 0.2) is 44.7 Å². The highest BCUT2D eigenvalue weighted by Crippen LogP contribution is 2.10. The van der Waals surface area contributed by atoms with Crippen LogP contribution in [0.2, 0.25) is 0 Å². The van der Waals surface area contributed by atoms with Gasteiger partial charge in [-0.15, -0.1) is 0 Å². The Labute approximate surface area is 157 Å². The standard InChI is InChI=1S/C17H18BrN5O3/c1-21-15-14(16(25)22(2)17(21)26)23(10-20-15)9-13(24)19-8-7-11-3-5-12(18)6-4-11/h3-6,10H,7-9H2,1-2H3,(H,19,24). The van der Waals surface area contributed by atoms with E-state index in [0.29, 0.717) is 13.0 Å². The fourth-order valence-corrected chi connectivity index (χ4v) is 2.99. The Morgan fingerprint density at radius 3 is 2.54 bits per heavy atom. The highest BCUT2D eigenvalue weighted by Gasteiger charge is 2.15. The zero-order valence-electron chi connectivity index (χ0n) is 14.4. The number of carbonyl (C=O) groups excluding carboxylic acids is 1. The van der Waals surface area contributed by atoms with Crippen LogP contribution in [-0.2, 0) is 31.9 Å². The summed E-state index contributed by atoms with van der Waals surface area (Å²) in [5.41, 5.74) is 0.693. The van der Waals surface area contributed by atoms with E-state index >= 15 is 0 Å². The lowest BCUT2D eigenvalue weighted by Crippen LogP contribution is -2.38. The van der Waals surface area contributed by atoms with Crippen molar-refractivity contribution in [2.75, 3.05) is 6.54 Å². The number of aromatic nitrogens is 4. The van der Waals surface area contributed by atoms with Crippen LogP contribution in [0.1, 0.15) is 5.56 Å². The van der Waals surface area contributed by atoms with Crippen molar-refractivity contribution in [2.24, 2.45) is 14.1 Å². The molecule has 0 saturated heterocycles. The van der Waals surface area contributed by atoms with Crippen molar-refractivity contribution >= 4 is 33.0 Å². The number of hydrogen-bond acceptors (Lipinski definition) is 4. The van der Waals surface area contributed by atoms with Gasteiger partial charge in [0.25, 0.3) is 5.56 Å². The molecule has 0 atom stereocenters. The first-order valence-electron chi connectivity index (χ1n) is 8.00. The van der Waals surface area contributed by atoms with E-state index < -0.39 is 11.2 Å². The van der Waals surface area contributed by atoms with Gasteiger partial charge in [0.1, 0.15) is 6.54 Å². The molecule has 1 amide bonds. The molecule has 0 radical (unpaired) electrons. The second kappa shape index (κ2) is 7.28. The molecule has 0 spiro atoms. The lowest BCUT2D eigenvalue weighted by atomic mass is 10.1. The molecule has 9 heteroatoms. The quantitative estimate of drug-likeness (QED) is 0.653. The van der Waals surface area contributed by atoms with E-state index in [1.54, 1.807) is 7.05 Å². The molecule has 1 aromatic carbocycles. The molecule has 0 unspecified atom stereocenters. The van der Waals surface area contributed by atoms with E-state index in [-0.39, 0.29) is 23.6 Å². The Morgan fingerprint density at radius 2 is 1.85 bits per heavy atom. The molecule has 26 heavy (non-hydrogen) atoms. The van der Waals surface area contributed by atoms with Gasteiger partial charge in [0.15, 0.2) is 11.2 Å². The first-order chi connectivity index (χ1) is 12.4. The van der Waals surface area contributed by atoms with Crippen LogP contribution in [-0.4, -0.2) is 31.1 Å². The van der Waals surface area contributed by atoms with Crippen LogP contribution < -0.4 is 16.6 Å². The third-order valence-electron chi connectivity index (χ3n) is 4.18. The summed E-state index contributed by atoms with van der Waals surface area (Å²) < 4.78 is 4.77. The summed E-state index contributed by atoms with van der Waals surface area (Å²) in [7, 11) is 2.94. The lowest BCUT2D eigenvalue weighted by Gasteiger charge is -2.08. The van der Waals surface area contributed by atoms with E-state index in [1.165, 1.54) is 22.5 Å². The fourth-order valence-electron chi connectivity index (χ4n) is 2.72. The molecule has 2 heterocycles. The van der Waals surface area contributed by atoms with Crippen LogP contribution in [0.4, 0.5) is 0 Å². The summed E-state index contributed by atoms with van der Waals surface area (Å²) in [6, 6.07) is 7.89. The smallest absolute Gasteiger partial charge is 0.332 e. The maximum Gasteiger partial charge on any atom is 0.332 e. The van der Waals surface area contributed by atoms with Gasteiger partial charge in [-0.05, 0) is 24.1 Å². The third-order valence-corrected chi connectivity index (χ3v) is 4.71. The molecule has 8 nitrogen and oxygen atoms in total. The van der Waals surface area contributed by atoms with Crippen LogP contribution in [0.3, 0.4) is 0 Å². The van der Waals surface area contributed by atoms with E-state index in [4.69, 9.17) is 0 Å². The number of rotatable bonds is 5. The lowest BCUT2D eigenvalue weighted by molar-refractivity contribution is -0.121. The average Bonchev–Trinajstić information content (AvgIpc) is 3.03. The number of carbonyl (C=O) groups is 1. The van der Waals surface area contributed by atoms with Crippen LogP contribution in [0, 0.1) is 0 Å². The molecule has 0 fully saturated rings. The van der Waals surface area contributed by atoms with Crippen LogP contribution >= 0.6 is 15.9 Å². The zero-order valence-corrected chi connectivity index (χ0v) is 16.0. The fraction of sp³-hybridized carbons (Fsp3) is 0.294. The number of halogens is 1. The number of amides is 1. The predicted molar refractivity (Wildman–Crippen MR) is 101 cm³/mol. The van der Waals surface area contributed by atoms with Crippen molar-refractivity contribution in [2.45, 2.75) is 13.0 Å². The van der Waals surface area contributed by atoms with E-state index in [0.717, 1.165) is 14.6 Å². The van der Waals surface area contributed by atoms with Crippen molar-refractivity contribution in [1.82, 2.24) is 24.0 Å². The summed E-state index contributed by atoms with van der Waals surface area (Å²) in [6.07, 6.45) is 2.11. The number of aryl methyl sites for hydroxylation is 1. The minimum absolute atomic E-state index is 0.0374. The molecule has 1 N–H and O–H groups in total. The third kappa shape index (κ3) is 3.48. The summed E-state index contributed by atoms with van der Waals surface area (Å²) >= 11 is 3.38. The predicted octanol–water partition coefficient (Wildman–Crippen LogP) is 0.555. The number of nitrogens with zero attached hydrogens (tertiary/aromatic N) is 4. The van der Waals surface area contributed by atoms with Gasteiger partial charge in [-0.1, -0.05) is 28.1 Å². The molecule has 0 aliphatic carbocycles. The van der Waals surface area contributed by atoms with Crippen molar-refractivity contribution in [3.63, 3.8) is 0 Å². The molecule has 3 aromatic rings. The molecule has 136 valence electrons. The average molecular weight is 420 g/mol. The van der Waals surface area contributed by atoms with Gasteiger partial charge in [0.05, 0.1) is 6.33 Å². The molecule has 3 rings (SSSR count). The van der Waals surface area contributed by atoms with Crippen molar-refractivity contribution < 1.29 is 4.79 Å². The molecular weight excluding hydrogens is 402 g/mol. The molecule has 0 saturated carbocycles. The van der Waals surface area contributed by atoms with E-state index in [9.17, 15) is 14.4 Å². The molecule has 2 aromatic heterocycles. The Kier molecular flexibility index (Phi) is 5.08.